The molecular formula is C19H23NO3S. The lowest BCUT2D eigenvalue weighted by atomic mass is 10.1. The Morgan fingerprint density at radius 3 is 2.25 bits per heavy atom. The standard InChI is InChI=1S/C19H23NO3S/c1-4-5-16-7-9-17(10-8-16)19(21)13-20-24(22,23)18-11-6-14(2)15(3)12-18/h6-12,20H,4-5,13H2,1-3H3. The van der Waals surface area contributed by atoms with E-state index in [0.29, 0.717) is 5.56 Å². The van der Waals surface area contributed by atoms with Gasteiger partial charge in [-0.1, -0.05) is 43.7 Å². The summed E-state index contributed by atoms with van der Waals surface area (Å²) in [5.74, 6) is -0.245. The number of rotatable bonds is 7. The largest absolute Gasteiger partial charge is 0.293 e. The maximum Gasteiger partial charge on any atom is 0.240 e. The number of benzene rings is 2. The van der Waals surface area contributed by atoms with Crippen molar-refractivity contribution in [3.63, 3.8) is 0 Å². The molecule has 2 aromatic carbocycles. The first-order chi connectivity index (χ1) is 11.3. The van der Waals surface area contributed by atoms with Gasteiger partial charge in [-0.05, 0) is 49.1 Å². The van der Waals surface area contributed by atoms with Crippen LogP contribution in [0, 0.1) is 13.8 Å². The predicted molar refractivity (Wildman–Crippen MR) is 95.9 cm³/mol. The molecule has 1 N–H and O–H groups in total. The van der Waals surface area contributed by atoms with Gasteiger partial charge in [-0.3, -0.25) is 4.79 Å². The summed E-state index contributed by atoms with van der Waals surface area (Å²) in [6.45, 7) is 5.63. The summed E-state index contributed by atoms with van der Waals surface area (Å²) in [5, 5.41) is 0. The molecule has 128 valence electrons. The van der Waals surface area contributed by atoms with Crippen LogP contribution in [0.25, 0.3) is 0 Å². The molecule has 0 aliphatic rings. The number of carbonyl (C=O) groups excluding carboxylic acids is 1. The van der Waals surface area contributed by atoms with E-state index in [0.717, 1.165) is 24.0 Å². The number of nitrogens with one attached hydrogen (secondary N) is 1. The van der Waals surface area contributed by atoms with E-state index in [9.17, 15) is 13.2 Å². The topological polar surface area (TPSA) is 63.2 Å². The van der Waals surface area contributed by atoms with Crippen molar-refractivity contribution >= 4 is 15.8 Å². The van der Waals surface area contributed by atoms with Crippen LogP contribution in [0.3, 0.4) is 0 Å². The molecule has 0 aliphatic heterocycles. The number of ketones is 1. The highest BCUT2D eigenvalue weighted by Gasteiger charge is 2.16. The van der Waals surface area contributed by atoms with Crippen molar-refractivity contribution in [1.29, 1.82) is 0 Å². The van der Waals surface area contributed by atoms with Crippen LogP contribution >= 0.6 is 0 Å². The van der Waals surface area contributed by atoms with Gasteiger partial charge in [0.25, 0.3) is 0 Å². The fourth-order valence-electron chi connectivity index (χ4n) is 2.37. The van der Waals surface area contributed by atoms with Crippen LogP contribution in [0.15, 0.2) is 47.4 Å². The Morgan fingerprint density at radius 2 is 1.67 bits per heavy atom. The Bertz CT molecular complexity index is 824. The van der Waals surface area contributed by atoms with Gasteiger partial charge in [0.1, 0.15) is 0 Å². The van der Waals surface area contributed by atoms with Crippen LogP contribution < -0.4 is 4.72 Å². The summed E-state index contributed by atoms with van der Waals surface area (Å²) >= 11 is 0. The van der Waals surface area contributed by atoms with Crippen molar-refractivity contribution in [1.82, 2.24) is 4.72 Å². The zero-order valence-electron chi connectivity index (χ0n) is 14.3. The van der Waals surface area contributed by atoms with Gasteiger partial charge in [0.05, 0.1) is 11.4 Å². The first kappa shape index (κ1) is 18.4. The van der Waals surface area contributed by atoms with Crippen molar-refractivity contribution in [3.8, 4) is 0 Å². The van der Waals surface area contributed by atoms with Crippen LogP contribution in [0.1, 0.15) is 40.4 Å². The lowest BCUT2D eigenvalue weighted by Crippen LogP contribution is -2.29. The molecule has 0 saturated heterocycles. The van der Waals surface area contributed by atoms with E-state index < -0.39 is 10.0 Å². The Morgan fingerprint density at radius 1 is 1.00 bits per heavy atom. The smallest absolute Gasteiger partial charge is 0.240 e. The molecular weight excluding hydrogens is 322 g/mol. The van der Waals surface area contributed by atoms with E-state index in [-0.39, 0.29) is 17.2 Å². The third kappa shape index (κ3) is 4.52. The molecule has 24 heavy (non-hydrogen) atoms. The van der Waals surface area contributed by atoms with Crippen molar-refractivity contribution in [2.24, 2.45) is 0 Å². The van der Waals surface area contributed by atoms with Gasteiger partial charge >= 0.3 is 0 Å². The summed E-state index contributed by atoms with van der Waals surface area (Å²) in [5.41, 5.74) is 3.61. The van der Waals surface area contributed by atoms with Crippen molar-refractivity contribution in [3.05, 3.63) is 64.7 Å². The molecule has 0 radical (unpaired) electrons. The van der Waals surface area contributed by atoms with Crippen LogP contribution in [-0.2, 0) is 16.4 Å². The van der Waals surface area contributed by atoms with Gasteiger partial charge in [-0.15, -0.1) is 0 Å². The third-order valence-corrected chi connectivity index (χ3v) is 5.42. The summed E-state index contributed by atoms with van der Waals surface area (Å²) < 4.78 is 27.0. The Kier molecular flexibility index (Phi) is 5.91. The zero-order chi connectivity index (χ0) is 17.7. The molecule has 0 unspecified atom stereocenters. The predicted octanol–water partition coefficient (Wildman–Crippen LogP) is 3.42. The highest BCUT2D eigenvalue weighted by molar-refractivity contribution is 7.89. The zero-order valence-corrected chi connectivity index (χ0v) is 15.1. The molecule has 0 bridgehead atoms. The Hall–Kier alpha value is -1.98. The average Bonchev–Trinajstić information content (AvgIpc) is 2.56. The Balaban J connectivity index is 2.05. The number of Topliss-reactive ketones (excluding diaryl/α,β-unsaturated/α-hetero) is 1. The van der Waals surface area contributed by atoms with Crippen LogP contribution in [0.2, 0.25) is 0 Å². The highest BCUT2D eigenvalue weighted by Crippen LogP contribution is 2.14. The molecule has 0 atom stereocenters. The van der Waals surface area contributed by atoms with E-state index in [1.807, 2.05) is 26.0 Å². The van der Waals surface area contributed by atoms with Gasteiger partial charge in [-0.2, -0.15) is 0 Å². The molecule has 0 heterocycles. The van der Waals surface area contributed by atoms with Gasteiger partial charge in [-0.25, -0.2) is 13.1 Å². The second-order valence-corrected chi connectivity index (χ2v) is 7.71. The molecule has 2 aromatic rings. The first-order valence-electron chi connectivity index (χ1n) is 8.02. The second kappa shape index (κ2) is 7.73. The summed E-state index contributed by atoms with van der Waals surface area (Å²) in [7, 11) is -3.69. The molecule has 2 rings (SSSR count). The van der Waals surface area contributed by atoms with Crippen LogP contribution in [0.5, 0.6) is 0 Å². The van der Waals surface area contributed by atoms with E-state index in [1.165, 1.54) is 5.56 Å². The quantitative estimate of drug-likeness (QED) is 0.782. The maximum atomic E-state index is 12.3. The SMILES string of the molecule is CCCc1ccc(C(=O)CNS(=O)(=O)c2ccc(C)c(C)c2)cc1. The molecule has 5 heteroatoms. The summed E-state index contributed by atoms with van der Waals surface area (Å²) in [4.78, 5) is 12.4. The second-order valence-electron chi connectivity index (χ2n) is 5.94. The minimum Gasteiger partial charge on any atom is -0.293 e. The summed E-state index contributed by atoms with van der Waals surface area (Å²) in [6.07, 6.45) is 2.01. The monoisotopic (exact) mass is 345 g/mol. The van der Waals surface area contributed by atoms with Crippen molar-refractivity contribution in [2.45, 2.75) is 38.5 Å². The fraction of sp³-hybridized carbons (Fsp3) is 0.316. The minimum absolute atomic E-state index is 0.177. The van der Waals surface area contributed by atoms with Gasteiger partial charge in [0, 0.05) is 5.56 Å². The molecule has 0 spiro atoms. The number of hydrogen-bond acceptors (Lipinski definition) is 3. The van der Waals surface area contributed by atoms with Crippen LogP contribution in [-0.4, -0.2) is 20.7 Å². The highest BCUT2D eigenvalue weighted by atomic mass is 32.2. The average molecular weight is 345 g/mol. The molecule has 0 saturated carbocycles. The number of hydrogen-bond donors (Lipinski definition) is 1. The number of aryl methyl sites for hydroxylation is 3. The fourth-order valence-corrected chi connectivity index (χ4v) is 3.44. The lowest BCUT2D eigenvalue weighted by molar-refractivity contribution is 0.0997. The van der Waals surface area contributed by atoms with E-state index >= 15 is 0 Å². The number of carbonyl (C=O) groups is 1. The van der Waals surface area contributed by atoms with E-state index in [1.54, 1.807) is 30.3 Å². The molecule has 0 fully saturated rings. The minimum atomic E-state index is -3.69. The normalized spacial score (nSPS) is 11.5. The maximum absolute atomic E-state index is 12.3. The van der Waals surface area contributed by atoms with Gasteiger partial charge in [0.15, 0.2) is 5.78 Å². The molecule has 0 amide bonds. The first-order valence-corrected chi connectivity index (χ1v) is 9.51. The van der Waals surface area contributed by atoms with E-state index in [4.69, 9.17) is 0 Å². The summed E-state index contributed by atoms with van der Waals surface area (Å²) in [6, 6.07) is 12.2. The van der Waals surface area contributed by atoms with E-state index in [2.05, 4.69) is 11.6 Å². The van der Waals surface area contributed by atoms with Crippen molar-refractivity contribution in [2.75, 3.05) is 6.54 Å². The molecule has 4 nitrogen and oxygen atoms in total. The van der Waals surface area contributed by atoms with Gasteiger partial charge in [0.2, 0.25) is 10.0 Å². The molecule has 0 aromatic heterocycles. The molecule has 0 aliphatic carbocycles. The van der Waals surface area contributed by atoms with Crippen LogP contribution in [0.4, 0.5) is 0 Å². The van der Waals surface area contributed by atoms with Crippen molar-refractivity contribution < 1.29 is 13.2 Å². The number of sulfonamides is 1. The third-order valence-electron chi connectivity index (χ3n) is 4.03. The van der Waals surface area contributed by atoms with Gasteiger partial charge < -0.3 is 0 Å². The Labute approximate surface area is 144 Å². The lowest BCUT2D eigenvalue weighted by Gasteiger charge is -2.09.